The van der Waals surface area contributed by atoms with Crippen molar-refractivity contribution in [3.05, 3.63) is 52.3 Å². The van der Waals surface area contributed by atoms with Crippen molar-refractivity contribution < 1.29 is 29.3 Å². The number of hydrogen-bond donors (Lipinski definition) is 5. The smallest absolute Gasteiger partial charge is 0.201 e. The van der Waals surface area contributed by atoms with E-state index < -0.39 is 40.0 Å². The van der Waals surface area contributed by atoms with E-state index >= 15 is 0 Å². The highest BCUT2D eigenvalue weighted by molar-refractivity contribution is 6.31. The van der Waals surface area contributed by atoms with Crippen LogP contribution in [-0.4, -0.2) is 53.1 Å². The molecule has 0 amide bonds. The molecule has 0 spiro atoms. The molecular formula is C18H17FN2O5. The Balaban J connectivity index is 2.04. The lowest BCUT2D eigenvalue weighted by Crippen LogP contribution is -2.27. The lowest BCUT2D eigenvalue weighted by molar-refractivity contribution is 0.0971. The second-order valence-electron chi connectivity index (χ2n) is 5.76. The quantitative estimate of drug-likeness (QED) is 0.329. The van der Waals surface area contributed by atoms with Gasteiger partial charge in [0.15, 0.2) is 0 Å². The Labute approximate surface area is 148 Å². The van der Waals surface area contributed by atoms with E-state index in [0.717, 1.165) is 18.2 Å². The van der Waals surface area contributed by atoms with Gasteiger partial charge in [-0.05, 0) is 24.3 Å². The summed E-state index contributed by atoms with van der Waals surface area (Å²) in [7, 11) is 0. The minimum absolute atomic E-state index is 0.0154. The summed E-state index contributed by atoms with van der Waals surface area (Å²) in [5.74, 6) is -3.43. The molecule has 0 heterocycles. The number of aliphatic hydroxyl groups is 1. The van der Waals surface area contributed by atoms with Gasteiger partial charge in [0.1, 0.15) is 17.3 Å². The monoisotopic (exact) mass is 360 g/mol. The SMILES string of the molecule is O=C1c2c(O)ccc(O)c2C(=O)c2c(NCCNCCO)ccc(F)c21. The molecule has 5 N–H and O–H groups in total. The number of rotatable bonds is 6. The predicted molar refractivity (Wildman–Crippen MR) is 91.5 cm³/mol. The third-order valence-corrected chi connectivity index (χ3v) is 4.13. The van der Waals surface area contributed by atoms with Crippen molar-refractivity contribution in [2.75, 3.05) is 31.6 Å². The number of anilines is 1. The molecule has 0 fully saturated rings. The Morgan fingerprint density at radius 1 is 0.808 bits per heavy atom. The summed E-state index contributed by atoms with van der Waals surface area (Å²) >= 11 is 0. The van der Waals surface area contributed by atoms with E-state index in [4.69, 9.17) is 5.11 Å². The highest BCUT2D eigenvalue weighted by Crippen LogP contribution is 2.40. The molecule has 3 rings (SSSR count). The molecule has 0 saturated heterocycles. The second-order valence-corrected chi connectivity index (χ2v) is 5.76. The highest BCUT2D eigenvalue weighted by atomic mass is 19.1. The molecule has 26 heavy (non-hydrogen) atoms. The van der Waals surface area contributed by atoms with Gasteiger partial charge in [-0.25, -0.2) is 4.39 Å². The van der Waals surface area contributed by atoms with Crippen molar-refractivity contribution in [1.82, 2.24) is 5.32 Å². The first-order chi connectivity index (χ1) is 12.5. The summed E-state index contributed by atoms with van der Waals surface area (Å²) in [6.45, 7) is 1.22. The third kappa shape index (κ3) is 2.89. The van der Waals surface area contributed by atoms with E-state index in [0.29, 0.717) is 19.6 Å². The average Bonchev–Trinajstić information content (AvgIpc) is 2.62. The van der Waals surface area contributed by atoms with Gasteiger partial charge >= 0.3 is 0 Å². The van der Waals surface area contributed by atoms with Crippen molar-refractivity contribution in [3.8, 4) is 11.5 Å². The van der Waals surface area contributed by atoms with E-state index in [9.17, 15) is 24.2 Å². The number of carbonyl (C=O) groups excluding carboxylic acids is 2. The highest BCUT2D eigenvalue weighted by Gasteiger charge is 2.38. The lowest BCUT2D eigenvalue weighted by Gasteiger charge is -2.22. The van der Waals surface area contributed by atoms with Gasteiger partial charge in [-0.2, -0.15) is 0 Å². The van der Waals surface area contributed by atoms with E-state index in [1.54, 1.807) is 0 Å². The van der Waals surface area contributed by atoms with Crippen LogP contribution in [0, 0.1) is 5.82 Å². The topological polar surface area (TPSA) is 119 Å². The Morgan fingerprint density at radius 2 is 1.42 bits per heavy atom. The van der Waals surface area contributed by atoms with Gasteiger partial charge in [0.2, 0.25) is 11.6 Å². The van der Waals surface area contributed by atoms with Crippen LogP contribution in [0.3, 0.4) is 0 Å². The molecule has 0 bridgehead atoms. The van der Waals surface area contributed by atoms with Crippen LogP contribution in [-0.2, 0) is 0 Å². The Hall–Kier alpha value is -2.97. The molecule has 1 aliphatic carbocycles. The number of aromatic hydroxyl groups is 2. The largest absolute Gasteiger partial charge is 0.507 e. The standard InChI is InChI=1S/C18H17FN2O5/c19-9-1-2-10(21-6-5-20-7-8-22)14-13(9)17(25)15-11(23)3-4-12(24)16(15)18(14)26/h1-4,20-24H,5-8H2. The van der Waals surface area contributed by atoms with Gasteiger partial charge in [-0.1, -0.05) is 0 Å². The molecule has 0 aliphatic heterocycles. The van der Waals surface area contributed by atoms with Crippen LogP contribution in [0.5, 0.6) is 11.5 Å². The van der Waals surface area contributed by atoms with Crippen molar-refractivity contribution in [2.45, 2.75) is 0 Å². The molecule has 1 aliphatic rings. The fourth-order valence-corrected chi connectivity index (χ4v) is 2.96. The van der Waals surface area contributed by atoms with Crippen LogP contribution in [0.2, 0.25) is 0 Å². The molecular weight excluding hydrogens is 343 g/mol. The van der Waals surface area contributed by atoms with Gasteiger partial charge in [-0.3, -0.25) is 9.59 Å². The molecule has 2 aromatic rings. The van der Waals surface area contributed by atoms with Gasteiger partial charge in [0, 0.05) is 25.3 Å². The average molecular weight is 360 g/mol. The van der Waals surface area contributed by atoms with E-state index in [2.05, 4.69) is 10.6 Å². The van der Waals surface area contributed by atoms with Gasteiger partial charge in [0.05, 0.1) is 28.9 Å². The van der Waals surface area contributed by atoms with E-state index in [-0.39, 0.29) is 23.4 Å². The number of carbonyl (C=O) groups is 2. The predicted octanol–water partition coefficient (Wildman–Crippen LogP) is 1.01. The van der Waals surface area contributed by atoms with Crippen LogP contribution < -0.4 is 10.6 Å². The van der Waals surface area contributed by atoms with Crippen LogP contribution in [0.1, 0.15) is 31.8 Å². The van der Waals surface area contributed by atoms with Gasteiger partial charge in [-0.15, -0.1) is 0 Å². The first-order valence-corrected chi connectivity index (χ1v) is 7.99. The zero-order valence-electron chi connectivity index (χ0n) is 13.7. The zero-order valence-corrected chi connectivity index (χ0v) is 13.7. The molecule has 7 nitrogen and oxygen atoms in total. The van der Waals surface area contributed by atoms with Crippen molar-refractivity contribution in [3.63, 3.8) is 0 Å². The molecule has 0 aromatic heterocycles. The first-order valence-electron chi connectivity index (χ1n) is 7.99. The molecule has 2 aromatic carbocycles. The van der Waals surface area contributed by atoms with Crippen LogP contribution in [0.25, 0.3) is 0 Å². The summed E-state index contributed by atoms with van der Waals surface area (Å²) in [5, 5.41) is 34.5. The minimum atomic E-state index is -0.879. The van der Waals surface area contributed by atoms with Crippen molar-refractivity contribution in [1.29, 1.82) is 0 Å². The number of ketones is 2. The fraction of sp³-hybridized carbons (Fsp3) is 0.222. The summed E-state index contributed by atoms with van der Waals surface area (Å²) in [5.41, 5.74) is -1.10. The summed E-state index contributed by atoms with van der Waals surface area (Å²) in [6.07, 6.45) is 0. The molecule has 0 saturated carbocycles. The van der Waals surface area contributed by atoms with Crippen LogP contribution >= 0.6 is 0 Å². The number of nitrogens with one attached hydrogen (secondary N) is 2. The Bertz CT molecular complexity index is 898. The molecule has 0 atom stereocenters. The number of phenols is 2. The van der Waals surface area contributed by atoms with Gasteiger partial charge < -0.3 is 26.0 Å². The number of halogens is 1. The molecule has 0 radical (unpaired) electrons. The normalized spacial score (nSPS) is 12.7. The summed E-state index contributed by atoms with van der Waals surface area (Å²) in [4.78, 5) is 25.5. The van der Waals surface area contributed by atoms with Crippen LogP contribution in [0.4, 0.5) is 10.1 Å². The number of fused-ring (bicyclic) bond motifs is 2. The van der Waals surface area contributed by atoms with Crippen molar-refractivity contribution in [2.24, 2.45) is 0 Å². The molecule has 8 heteroatoms. The lowest BCUT2D eigenvalue weighted by atomic mass is 9.82. The first kappa shape index (κ1) is 17.8. The summed E-state index contributed by atoms with van der Waals surface area (Å²) in [6, 6.07) is 4.60. The van der Waals surface area contributed by atoms with E-state index in [1.165, 1.54) is 6.07 Å². The Kier molecular flexibility index (Phi) is 4.88. The Morgan fingerprint density at radius 3 is 2.04 bits per heavy atom. The molecule has 0 unspecified atom stereocenters. The maximum atomic E-state index is 14.3. The minimum Gasteiger partial charge on any atom is -0.507 e. The maximum absolute atomic E-state index is 14.3. The van der Waals surface area contributed by atoms with Gasteiger partial charge in [0.25, 0.3) is 0 Å². The number of benzene rings is 2. The molecule has 136 valence electrons. The third-order valence-electron chi connectivity index (χ3n) is 4.13. The maximum Gasteiger partial charge on any atom is 0.201 e. The fourth-order valence-electron chi connectivity index (χ4n) is 2.96. The zero-order chi connectivity index (χ0) is 18.8. The van der Waals surface area contributed by atoms with E-state index in [1.807, 2.05) is 0 Å². The summed E-state index contributed by atoms with van der Waals surface area (Å²) < 4.78 is 14.3. The number of phenolic OH excluding ortho intramolecular Hbond substituents is 2. The number of aliphatic hydroxyl groups excluding tert-OH is 1. The second kappa shape index (κ2) is 7.11. The van der Waals surface area contributed by atoms with Crippen molar-refractivity contribution >= 4 is 17.3 Å². The number of hydrogen-bond acceptors (Lipinski definition) is 7. The van der Waals surface area contributed by atoms with Crippen LogP contribution in [0.15, 0.2) is 24.3 Å².